The zero-order valence-corrected chi connectivity index (χ0v) is 14.1. The van der Waals surface area contributed by atoms with Gasteiger partial charge in [-0.3, -0.25) is 0 Å². The first-order valence-corrected chi connectivity index (χ1v) is 7.98. The molecule has 0 bridgehead atoms. The van der Waals surface area contributed by atoms with Crippen molar-refractivity contribution < 1.29 is 4.39 Å². The van der Waals surface area contributed by atoms with Crippen molar-refractivity contribution in [1.82, 2.24) is 5.32 Å². The van der Waals surface area contributed by atoms with E-state index in [1.54, 1.807) is 0 Å². The van der Waals surface area contributed by atoms with E-state index in [2.05, 4.69) is 34.8 Å². The predicted octanol–water partition coefficient (Wildman–Crippen LogP) is 4.98. The second-order valence-electron chi connectivity index (χ2n) is 4.61. The highest BCUT2D eigenvalue weighted by molar-refractivity contribution is 14.1. The van der Waals surface area contributed by atoms with Gasteiger partial charge in [-0.15, -0.1) is 0 Å². The van der Waals surface area contributed by atoms with Crippen molar-refractivity contribution in [2.45, 2.75) is 19.4 Å². The third kappa shape index (κ3) is 4.17. The third-order valence-corrected chi connectivity index (χ3v) is 4.35. The second kappa shape index (κ2) is 7.38. The maximum atomic E-state index is 13.0. The van der Waals surface area contributed by atoms with Crippen LogP contribution in [0.4, 0.5) is 4.39 Å². The molecule has 106 valence electrons. The second-order valence-corrected chi connectivity index (χ2v) is 6.21. The van der Waals surface area contributed by atoms with E-state index >= 15 is 0 Å². The minimum absolute atomic E-state index is 0.177. The van der Waals surface area contributed by atoms with Crippen molar-refractivity contribution in [3.05, 3.63) is 68.0 Å². The highest BCUT2D eigenvalue weighted by atomic mass is 127. The van der Waals surface area contributed by atoms with Crippen LogP contribution in [-0.2, 0) is 6.42 Å². The Balaban J connectivity index is 2.26. The SMILES string of the molecule is CCNC(Cc1ccc(F)cc1)c1cc(Cl)ccc1I. The lowest BCUT2D eigenvalue weighted by Crippen LogP contribution is -2.23. The molecule has 0 aliphatic rings. The molecule has 0 aromatic heterocycles. The third-order valence-electron chi connectivity index (χ3n) is 3.14. The Morgan fingerprint density at radius 2 is 1.90 bits per heavy atom. The number of nitrogens with one attached hydrogen (secondary N) is 1. The summed E-state index contributed by atoms with van der Waals surface area (Å²) in [7, 11) is 0. The molecule has 0 heterocycles. The van der Waals surface area contributed by atoms with E-state index in [1.807, 2.05) is 30.3 Å². The summed E-state index contributed by atoms with van der Waals surface area (Å²) in [6, 6.07) is 12.8. The van der Waals surface area contributed by atoms with E-state index in [0.717, 1.165) is 23.6 Å². The molecule has 0 amide bonds. The maximum absolute atomic E-state index is 13.0. The average molecular weight is 404 g/mol. The monoisotopic (exact) mass is 403 g/mol. The average Bonchev–Trinajstić information content (AvgIpc) is 2.43. The Bertz CT molecular complexity index is 571. The van der Waals surface area contributed by atoms with Crippen LogP contribution >= 0.6 is 34.2 Å². The molecule has 0 fully saturated rings. The van der Waals surface area contributed by atoms with Gasteiger partial charge in [0.2, 0.25) is 0 Å². The fourth-order valence-corrected chi connectivity index (χ4v) is 3.07. The summed E-state index contributed by atoms with van der Waals surface area (Å²) in [4.78, 5) is 0. The Morgan fingerprint density at radius 1 is 1.20 bits per heavy atom. The van der Waals surface area contributed by atoms with Gasteiger partial charge in [0.05, 0.1) is 0 Å². The Hall–Kier alpha value is -0.650. The van der Waals surface area contributed by atoms with E-state index in [1.165, 1.54) is 21.3 Å². The molecule has 0 radical (unpaired) electrons. The van der Waals surface area contributed by atoms with Crippen molar-refractivity contribution in [3.8, 4) is 0 Å². The van der Waals surface area contributed by atoms with Crippen LogP contribution in [0.5, 0.6) is 0 Å². The Kier molecular flexibility index (Phi) is 5.81. The molecule has 0 saturated heterocycles. The van der Waals surface area contributed by atoms with E-state index in [9.17, 15) is 4.39 Å². The molecule has 20 heavy (non-hydrogen) atoms. The van der Waals surface area contributed by atoms with Crippen molar-refractivity contribution in [3.63, 3.8) is 0 Å². The minimum atomic E-state index is -0.203. The molecule has 0 saturated carbocycles. The molecule has 1 atom stereocenters. The van der Waals surface area contributed by atoms with Crippen LogP contribution < -0.4 is 5.32 Å². The molecule has 1 N–H and O–H groups in total. The standard InChI is InChI=1S/C16H16ClFIN/c1-2-20-16(9-11-3-6-13(18)7-4-11)14-10-12(17)5-8-15(14)19/h3-8,10,16,20H,2,9H2,1H3. The Morgan fingerprint density at radius 3 is 2.55 bits per heavy atom. The summed E-state index contributed by atoms with van der Waals surface area (Å²) in [5.74, 6) is -0.203. The zero-order valence-electron chi connectivity index (χ0n) is 11.2. The van der Waals surface area contributed by atoms with Gasteiger partial charge in [0, 0.05) is 14.6 Å². The van der Waals surface area contributed by atoms with Gasteiger partial charge >= 0.3 is 0 Å². The molecule has 2 rings (SSSR count). The van der Waals surface area contributed by atoms with Gasteiger partial charge in [-0.25, -0.2) is 4.39 Å². The van der Waals surface area contributed by atoms with Crippen LogP contribution in [-0.4, -0.2) is 6.54 Å². The molecular formula is C16H16ClFIN. The van der Waals surface area contributed by atoms with Gasteiger partial charge < -0.3 is 5.32 Å². The van der Waals surface area contributed by atoms with Crippen LogP contribution in [0.25, 0.3) is 0 Å². The normalized spacial score (nSPS) is 12.4. The van der Waals surface area contributed by atoms with Crippen molar-refractivity contribution >= 4 is 34.2 Å². The zero-order chi connectivity index (χ0) is 14.5. The number of hydrogen-bond donors (Lipinski definition) is 1. The number of likely N-dealkylation sites (N-methyl/N-ethyl adjacent to an activating group) is 1. The lowest BCUT2D eigenvalue weighted by Gasteiger charge is -2.20. The van der Waals surface area contributed by atoms with Crippen molar-refractivity contribution in [2.24, 2.45) is 0 Å². The fourth-order valence-electron chi connectivity index (χ4n) is 2.18. The molecule has 2 aromatic rings. The van der Waals surface area contributed by atoms with Crippen LogP contribution in [0, 0.1) is 9.39 Å². The number of benzene rings is 2. The Labute approximate surface area is 137 Å². The van der Waals surface area contributed by atoms with Crippen LogP contribution in [0.15, 0.2) is 42.5 Å². The lowest BCUT2D eigenvalue weighted by atomic mass is 9.99. The smallest absolute Gasteiger partial charge is 0.123 e. The van der Waals surface area contributed by atoms with Crippen molar-refractivity contribution in [2.75, 3.05) is 6.54 Å². The lowest BCUT2D eigenvalue weighted by molar-refractivity contribution is 0.546. The van der Waals surface area contributed by atoms with Gasteiger partial charge in [0.15, 0.2) is 0 Å². The van der Waals surface area contributed by atoms with Gasteiger partial charge in [-0.1, -0.05) is 30.7 Å². The first-order chi connectivity index (χ1) is 9.60. The molecule has 1 nitrogen and oxygen atoms in total. The van der Waals surface area contributed by atoms with Crippen molar-refractivity contribution in [1.29, 1.82) is 0 Å². The van der Waals surface area contributed by atoms with E-state index in [-0.39, 0.29) is 11.9 Å². The summed E-state index contributed by atoms with van der Waals surface area (Å²) in [5.41, 5.74) is 2.29. The molecule has 1 unspecified atom stereocenters. The maximum Gasteiger partial charge on any atom is 0.123 e. The first-order valence-electron chi connectivity index (χ1n) is 6.53. The highest BCUT2D eigenvalue weighted by Crippen LogP contribution is 2.26. The van der Waals surface area contributed by atoms with Gasteiger partial charge in [-0.2, -0.15) is 0 Å². The molecule has 0 aliphatic heterocycles. The molecule has 0 aliphatic carbocycles. The fraction of sp³-hybridized carbons (Fsp3) is 0.250. The molecule has 4 heteroatoms. The molecule has 2 aromatic carbocycles. The van der Waals surface area contributed by atoms with Crippen LogP contribution in [0.1, 0.15) is 24.1 Å². The summed E-state index contributed by atoms with van der Waals surface area (Å²) in [6.45, 7) is 2.95. The van der Waals surface area contributed by atoms with Gasteiger partial charge in [-0.05, 0) is 77.0 Å². The van der Waals surface area contributed by atoms with E-state index in [0.29, 0.717) is 0 Å². The number of rotatable bonds is 5. The minimum Gasteiger partial charge on any atom is -0.310 e. The van der Waals surface area contributed by atoms with E-state index in [4.69, 9.17) is 11.6 Å². The van der Waals surface area contributed by atoms with Crippen LogP contribution in [0.3, 0.4) is 0 Å². The summed E-state index contributed by atoms with van der Waals surface area (Å²) in [6.07, 6.45) is 0.810. The molecule has 0 spiro atoms. The van der Waals surface area contributed by atoms with Gasteiger partial charge in [0.1, 0.15) is 5.82 Å². The number of hydrogen-bond acceptors (Lipinski definition) is 1. The molecular weight excluding hydrogens is 388 g/mol. The topological polar surface area (TPSA) is 12.0 Å². The summed E-state index contributed by atoms with van der Waals surface area (Å²) < 4.78 is 14.2. The summed E-state index contributed by atoms with van der Waals surface area (Å²) >= 11 is 8.43. The predicted molar refractivity (Wildman–Crippen MR) is 90.7 cm³/mol. The van der Waals surface area contributed by atoms with Gasteiger partial charge in [0.25, 0.3) is 0 Å². The summed E-state index contributed by atoms with van der Waals surface area (Å²) in [5, 5.41) is 4.21. The van der Waals surface area contributed by atoms with E-state index < -0.39 is 0 Å². The number of halogens is 3. The highest BCUT2D eigenvalue weighted by Gasteiger charge is 2.14. The largest absolute Gasteiger partial charge is 0.310 e. The first kappa shape index (κ1) is 15.7. The quantitative estimate of drug-likeness (QED) is 0.695. The van der Waals surface area contributed by atoms with Crippen LogP contribution in [0.2, 0.25) is 5.02 Å².